The molecule has 0 bridgehead atoms. The van der Waals surface area contributed by atoms with E-state index in [0.717, 1.165) is 16.3 Å². The molecule has 7 rings (SSSR count). The highest BCUT2D eigenvalue weighted by Crippen LogP contribution is 2.41. The van der Waals surface area contributed by atoms with Gasteiger partial charge in [-0.05, 0) is 49.4 Å². The summed E-state index contributed by atoms with van der Waals surface area (Å²) in [6.07, 6.45) is 5.94. The van der Waals surface area contributed by atoms with Gasteiger partial charge in [0.05, 0.1) is 45.9 Å². The van der Waals surface area contributed by atoms with Crippen LogP contribution >= 0.6 is 0 Å². The number of hydrogen-bond donors (Lipinski definition) is 1. The third-order valence-electron chi connectivity index (χ3n) is 7.85. The smallest absolute Gasteiger partial charge is 0.255 e. The number of benzene rings is 2. The lowest BCUT2D eigenvalue weighted by Gasteiger charge is -2.20. The van der Waals surface area contributed by atoms with Gasteiger partial charge in [0.15, 0.2) is 0 Å². The number of nitrogens with one attached hydrogen (secondary N) is 1. The molecule has 0 spiro atoms. The lowest BCUT2D eigenvalue weighted by molar-refractivity contribution is 0.0964. The van der Waals surface area contributed by atoms with Gasteiger partial charge < -0.3 is 9.73 Å². The number of rotatable bonds is 5. The predicted molar refractivity (Wildman–Crippen MR) is 168 cm³/mol. The van der Waals surface area contributed by atoms with Crippen LogP contribution in [0.3, 0.4) is 0 Å². The highest BCUT2D eigenvalue weighted by atomic mass is 32.2. The summed E-state index contributed by atoms with van der Waals surface area (Å²) < 4.78 is 49.5. The van der Waals surface area contributed by atoms with Gasteiger partial charge in [-0.2, -0.15) is 0 Å². The highest BCUT2D eigenvalue weighted by Gasteiger charge is 2.26. The van der Waals surface area contributed by atoms with Crippen LogP contribution < -0.4 is 9.62 Å². The van der Waals surface area contributed by atoms with Crippen molar-refractivity contribution in [2.24, 2.45) is 0 Å². The number of amides is 1. The molecule has 5 heterocycles. The Kier molecular flexibility index (Phi) is 6.15. The number of fused-ring (bicyclic) bond motifs is 6. The van der Waals surface area contributed by atoms with Gasteiger partial charge in [-0.3, -0.25) is 23.5 Å². The molecule has 0 saturated carbocycles. The molecule has 2 aromatic carbocycles. The highest BCUT2D eigenvalue weighted by molar-refractivity contribution is 7.92. The minimum atomic E-state index is -3.72. The van der Waals surface area contributed by atoms with Crippen molar-refractivity contribution in [2.45, 2.75) is 6.92 Å². The monoisotopic (exact) mass is 608 g/mol. The fourth-order valence-corrected chi connectivity index (χ4v) is 6.01. The molecule has 0 aliphatic heterocycles. The van der Waals surface area contributed by atoms with Gasteiger partial charge >= 0.3 is 0 Å². The molecule has 0 unspecified atom stereocenters. The quantitative estimate of drug-likeness (QED) is 0.265. The summed E-state index contributed by atoms with van der Waals surface area (Å²) in [4.78, 5) is 26.8. The first-order chi connectivity index (χ1) is 21.0. The minimum absolute atomic E-state index is 0.279. The van der Waals surface area contributed by atoms with Crippen molar-refractivity contribution in [1.29, 1.82) is 0 Å². The zero-order valence-electron chi connectivity index (χ0n) is 24.1. The van der Waals surface area contributed by atoms with Gasteiger partial charge in [0.2, 0.25) is 10.0 Å². The molecule has 1 amide bonds. The molecule has 1 N–H and O–H groups in total. The molecule has 44 heavy (non-hydrogen) atoms. The molecule has 220 valence electrons. The summed E-state index contributed by atoms with van der Waals surface area (Å²) in [5.74, 6) is -0.428. The van der Waals surface area contributed by atoms with E-state index in [-0.39, 0.29) is 17.3 Å². The number of sulfonamides is 1. The van der Waals surface area contributed by atoms with E-state index in [2.05, 4.69) is 20.3 Å². The van der Waals surface area contributed by atoms with E-state index in [9.17, 15) is 17.6 Å². The second-order valence-electron chi connectivity index (χ2n) is 10.6. The maximum Gasteiger partial charge on any atom is 0.255 e. The zero-order valence-corrected chi connectivity index (χ0v) is 24.9. The molecular formula is C32H25FN6O4S. The van der Waals surface area contributed by atoms with Crippen molar-refractivity contribution >= 4 is 59.9 Å². The van der Waals surface area contributed by atoms with Crippen LogP contribution in [0.5, 0.6) is 0 Å². The second-order valence-corrected chi connectivity index (χ2v) is 12.6. The van der Waals surface area contributed by atoms with Crippen molar-refractivity contribution in [3.63, 3.8) is 0 Å². The Morgan fingerprint density at radius 1 is 0.977 bits per heavy atom. The molecular weight excluding hydrogens is 583 g/mol. The first-order valence-corrected chi connectivity index (χ1v) is 15.4. The third kappa shape index (κ3) is 4.25. The van der Waals surface area contributed by atoms with Crippen LogP contribution in [0.25, 0.3) is 60.9 Å². The number of aryl methyl sites for hydroxylation is 1. The van der Waals surface area contributed by atoms with Gasteiger partial charge in [-0.25, -0.2) is 17.8 Å². The van der Waals surface area contributed by atoms with E-state index >= 15 is 0 Å². The van der Waals surface area contributed by atoms with Crippen molar-refractivity contribution < 1.29 is 22.0 Å². The number of furan rings is 1. The normalized spacial score (nSPS) is 12.0. The van der Waals surface area contributed by atoms with Crippen LogP contribution in [0.15, 0.2) is 77.7 Å². The topological polar surface area (TPSA) is 123 Å². The summed E-state index contributed by atoms with van der Waals surface area (Å²) in [5, 5.41) is 4.28. The number of carbonyl (C=O) groups excluding carboxylic acids is 1. The summed E-state index contributed by atoms with van der Waals surface area (Å²) in [6.45, 7) is 1.86. The van der Waals surface area contributed by atoms with E-state index in [4.69, 9.17) is 4.42 Å². The van der Waals surface area contributed by atoms with Crippen LogP contribution in [0.1, 0.15) is 16.1 Å². The average molecular weight is 609 g/mol. The van der Waals surface area contributed by atoms with Crippen molar-refractivity contribution in [3.05, 3.63) is 90.4 Å². The molecule has 0 atom stereocenters. The van der Waals surface area contributed by atoms with E-state index in [1.54, 1.807) is 53.5 Å². The fourth-order valence-electron chi connectivity index (χ4n) is 5.50. The SMILES string of the molecule is CNC(=O)c1c(-c2ccc(C)nc2)oc2cc(N(C)S(C)(=O)=O)c(-c3cc4c(cn3)ncn3c5cccc(F)c5cc43)cc12. The van der Waals surface area contributed by atoms with Gasteiger partial charge in [0.1, 0.15) is 23.5 Å². The molecule has 7 aromatic rings. The van der Waals surface area contributed by atoms with Gasteiger partial charge in [-0.15, -0.1) is 0 Å². The molecule has 12 heteroatoms. The van der Waals surface area contributed by atoms with Crippen LogP contribution in [0.2, 0.25) is 0 Å². The van der Waals surface area contributed by atoms with Crippen LogP contribution in [-0.4, -0.2) is 54.0 Å². The number of halogens is 1. The van der Waals surface area contributed by atoms with Gasteiger partial charge in [0.25, 0.3) is 5.91 Å². The molecule has 0 radical (unpaired) electrons. The van der Waals surface area contributed by atoms with Crippen molar-refractivity contribution in [3.8, 4) is 22.6 Å². The standard InChI is InChI=1S/C32H25FN6O4S/c1-17-8-9-18(14-35-17)31-30(32(40)34-2)22-10-20(27(13-29(22)43-31)38(3)44(4,41)42)24-11-21-25(15-36-24)37-16-39-26-7-5-6-23(33)19(26)12-28(21)39/h5-16H,1-4H3,(H,34,40). The van der Waals surface area contributed by atoms with E-state index < -0.39 is 10.0 Å². The Labute approximate surface area is 250 Å². The van der Waals surface area contributed by atoms with Crippen LogP contribution in [-0.2, 0) is 10.0 Å². The number of hydrogen-bond acceptors (Lipinski definition) is 7. The number of carbonyl (C=O) groups is 1. The summed E-state index contributed by atoms with van der Waals surface area (Å²) in [6, 6.07) is 15.3. The molecule has 0 aliphatic carbocycles. The lowest BCUT2D eigenvalue weighted by Crippen LogP contribution is -2.25. The van der Waals surface area contributed by atoms with Crippen LogP contribution in [0.4, 0.5) is 10.1 Å². The Morgan fingerprint density at radius 2 is 1.80 bits per heavy atom. The van der Waals surface area contributed by atoms with E-state index in [1.807, 2.05) is 25.1 Å². The molecule has 5 aromatic heterocycles. The number of anilines is 1. The van der Waals surface area contributed by atoms with E-state index in [0.29, 0.717) is 66.6 Å². The fraction of sp³-hybridized carbons (Fsp3) is 0.125. The minimum Gasteiger partial charge on any atom is -0.455 e. The summed E-state index contributed by atoms with van der Waals surface area (Å²) in [7, 11) is -0.752. The Bertz CT molecular complexity index is 2420. The Morgan fingerprint density at radius 3 is 2.52 bits per heavy atom. The zero-order chi connectivity index (χ0) is 30.9. The maximum absolute atomic E-state index is 14.7. The number of nitrogens with zero attached hydrogens (tertiary/aromatic N) is 5. The number of aromatic nitrogens is 4. The molecule has 0 saturated heterocycles. The van der Waals surface area contributed by atoms with Crippen molar-refractivity contribution in [1.82, 2.24) is 24.7 Å². The molecule has 10 nitrogen and oxygen atoms in total. The van der Waals surface area contributed by atoms with Crippen LogP contribution in [0, 0.1) is 12.7 Å². The van der Waals surface area contributed by atoms with Gasteiger partial charge in [-0.1, -0.05) is 6.07 Å². The van der Waals surface area contributed by atoms with E-state index in [1.165, 1.54) is 20.2 Å². The lowest BCUT2D eigenvalue weighted by atomic mass is 10.0. The Hall–Kier alpha value is -5.36. The number of pyridine rings is 2. The first kappa shape index (κ1) is 27.5. The predicted octanol–water partition coefficient (Wildman–Crippen LogP) is 5.71. The summed E-state index contributed by atoms with van der Waals surface area (Å²) in [5.41, 5.74) is 5.10. The maximum atomic E-state index is 14.7. The van der Waals surface area contributed by atoms with Crippen molar-refractivity contribution in [2.75, 3.05) is 24.7 Å². The second kappa shape index (κ2) is 9.85. The largest absolute Gasteiger partial charge is 0.455 e. The third-order valence-corrected chi connectivity index (χ3v) is 9.04. The van der Waals surface area contributed by atoms with Gasteiger partial charge in [0, 0.05) is 59.3 Å². The summed E-state index contributed by atoms with van der Waals surface area (Å²) >= 11 is 0. The molecule has 0 fully saturated rings. The molecule has 0 aliphatic rings. The first-order valence-electron chi connectivity index (χ1n) is 13.6. The Balaban J connectivity index is 1.54. The average Bonchev–Trinajstić information content (AvgIpc) is 3.59.